The van der Waals surface area contributed by atoms with Gasteiger partial charge in [0.1, 0.15) is 28.6 Å². The van der Waals surface area contributed by atoms with E-state index in [-0.39, 0.29) is 45.8 Å². The van der Waals surface area contributed by atoms with Crippen LogP contribution in [0.4, 0.5) is 5.13 Å². The normalized spacial score (nSPS) is 24.4. The van der Waals surface area contributed by atoms with E-state index in [0.29, 0.717) is 0 Å². The number of amides is 2. The van der Waals surface area contributed by atoms with Gasteiger partial charge in [0.15, 0.2) is 16.6 Å². The summed E-state index contributed by atoms with van der Waals surface area (Å²) in [6.45, 7) is -0.582. The van der Waals surface area contributed by atoms with Gasteiger partial charge in [0.05, 0.1) is 6.54 Å². The van der Waals surface area contributed by atoms with Crippen LogP contribution in [0.15, 0.2) is 20.8 Å². The van der Waals surface area contributed by atoms with Gasteiger partial charge in [-0.1, -0.05) is 22.1 Å². The smallest absolute Gasteiger partial charge is 0.355 e. The Labute approximate surface area is 255 Å². The molecule has 230 valence electrons. The molecule has 18 nitrogen and oxygen atoms in total. The molecule has 2 amide bonds. The fourth-order valence-corrected chi connectivity index (χ4v) is 8.01. The predicted octanol–water partition coefficient (Wildman–Crippen LogP) is -0.447. The summed E-state index contributed by atoms with van der Waals surface area (Å²) in [6, 6.07) is -0.913. The number of aromatic nitrogens is 5. The Balaban J connectivity index is 1.24. The van der Waals surface area contributed by atoms with Crippen molar-refractivity contribution in [3.63, 3.8) is 0 Å². The molecule has 2 aliphatic heterocycles. The van der Waals surface area contributed by atoms with Crippen molar-refractivity contribution in [1.29, 1.82) is 0 Å². The van der Waals surface area contributed by atoms with Gasteiger partial charge in [-0.15, -0.1) is 28.2 Å². The lowest BCUT2D eigenvalue weighted by atomic mass is 9.89. The van der Waals surface area contributed by atoms with Crippen LogP contribution in [0.3, 0.4) is 0 Å². The summed E-state index contributed by atoms with van der Waals surface area (Å²) >= 11 is 3.30. The van der Waals surface area contributed by atoms with E-state index < -0.39 is 52.8 Å². The van der Waals surface area contributed by atoms with Crippen LogP contribution in [0.5, 0.6) is 0 Å². The third kappa shape index (κ3) is 6.37. The number of nitrogen functional groups attached to an aromatic ring is 1. The van der Waals surface area contributed by atoms with Crippen molar-refractivity contribution in [2.24, 2.45) is 15.7 Å². The number of oxime groups is 2. The number of carbonyl (C=O) groups excluding carboxylic acids is 2. The third-order valence-electron chi connectivity index (χ3n) is 7.10. The maximum atomic E-state index is 13.3. The van der Waals surface area contributed by atoms with Gasteiger partial charge in [0.2, 0.25) is 11.1 Å². The van der Waals surface area contributed by atoms with E-state index in [2.05, 4.69) is 36.1 Å². The highest BCUT2D eigenvalue weighted by atomic mass is 32.2. The van der Waals surface area contributed by atoms with E-state index in [1.165, 1.54) is 16.7 Å². The zero-order chi connectivity index (χ0) is 30.7. The summed E-state index contributed by atoms with van der Waals surface area (Å²) in [7, 11) is 0. The number of thiazole rings is 1. The van der Waals surface area contributed by atoms with Crippen molar-refractivity contribution < 1.29 is 39.4 Å². The zero-order valence-corrected chi connectivity index (χ0v) is 24.7. The van der Waals surface area contributed by atoms with Crippen LogP contribution in [-0.2, 0) is 30.6 Å². The number of hydrogen-bond acceptors (Lipinski definition) is 16. The minimum absolute atomic E-state index is 0.0531. The molecule has 4 heterocycles. The topological polar surface area (TPSA) is 261 Å². The molecule has 1 aliphatic carbocycles. The molecule has 2 saturated heterocycles. The average Bonchev–Trinajstić information content (AvgIpc) is 3.76. The monoisotopic (exact) mass is 654 g/mol. The second-order valence-corrected chi connectivity index (χ2v) is 12.9. The highest BCUT2D eigenvalue weighted by Crippen LogP contribution is 2.44. The Hall–Kier alpha value is -3.98. The van der Waals surface area contributed by atoms with Gasteiger partial charge in [-0.05, 0) is 36.1 Å². The first-order valence-corrected chi connectivity index (χ1v) is 15.8. The van der Waals surface area contributed by atoms with Crippen molar-refractivity contribution in [3.05, 3.63) is 11.1 Å². The summed E-state index contributed by atoms with van der Waals surface area (Å²) in [5.41, 5.74) is 3.87. The molecule has 2 unspecified atom stereocenters. The van der Waals surface area contributed by atoms with Crippen LogP contribution in [-0.4, -0.2) is 116 Å². The van der Waals surface area contributed by atoms with Crippen LogP contribution >= 0.6 is 34.9 Å². The van der Waals surface area contributed by atoms with Crippen LogP contribution in [0.2, 0.25) is 0 Å². The maximum Gasteiger partial charge on any atom is 0.355 e. The number of β-lactam (4-membered cyclic amide) rings is 1. The van der Waals surface area contributed by atoms with Crippen LogP contribution in [0.25, 0.3) is 0 Å². The van der Waals surface area contributed by atoms with E-state index in [1.807, 2.05) is 0 Å². The standard InChI is InChI=1S/C22H26N10O8S3/c23-20-24-12(6-41-20)13(28-40-10-3-1-2-4-10)15(33)25-14-16(34)31-7-22(19(37)38,8-42-17(14)31)9-43-21-26-29-30-32(21)5-11(27-39)18(35)36/h6,10,14,17,39H,1-5,7-9H2,(H2,23,24)(H,25,33)(H,35,36)(H,37,38)/t14?,17-,22?/m1/s1. The molecule has 21 heteroatoms. The summed E-state index contributed by atoms with van der Waals surface area (Å²) < 4.78 is 1.06. The van der Waals surface area contributed by atoms with E-state index in [9.17, 15) is 24.3 Å². The molecule has 3 fully saturated rings. The number of carbonyl (C=O) groups is 4. The van der Waals surface area contributed by atoms with E-state index in [4.69, 9.17) is 20.9 Å². The van der Waals surface area contributed by atoms with Crippen LogP contribution < -0.4 is 11.1 Å². The second kappa shape index (κ2) is 12.7. The number of carboxylic acid groups (broad SMARTS) is 2. The van der Waals surface area contributed by atoms with Gasteiger partial charge < -0.3 is 36.2 Å². The van der Waals surface area contributed by atoms with E-state index >= 15 is 0 Å². The molecular weight excluding hydrogens is 629 g/mol. The number of carboxylic acids is 2. The first-order valence-electron chi connectivity index (χ1n) is 12.9. The largest absolute Gasteiger partial charge is 0.481 e. The highest BCUT2D eigenvalue weighted by molar-refractivity contribution is 8.00. The van der Waals surface area contributed by atoms with Gasteiger partial charge in [-0.25, -0.2) is 14.5 Å². The molecule has 5 rings (SSSR count). The average molecular weight is 655 g/mol. The Morgan fingerprint density at radius 2 is 2.05 bits per heavy atom. The molecule has 1 saturated carbocycles. The van der Waals surface area contributed by atoms with Gasteiger partial charge >= 0.3 is 11.9 Å². The number of nitrogens with one attached hydrogen (secondary N) is 1. The highest BCUT2D eigenvalue weighted by Gasteiger charge is 2.57. The lowest BCUT2D eigenvalue weighted by molar-refractivity contribution is -0.157. The summed E-state index contributed by atoms with van der Waals surface area (Å²) in [6.07, 6.45) is 3.56. The summed E-state index contributed by atoms with van der Waals surface area (Å²) in [4.78, 5) is 61.1. The van der Waals surface area contributed by atoms with E-state index in [0.717, 1.165) is 53.5 Å². The Morgan fingerprint density at radius 3 is 2.70 bits per heavy atom. The number of nitrogens with two attached hydrogens (primary N) is 1. The predicted molar refractivity (Wildman–Crippen MR) is 152 cm³/mol. The third-order valence-corrected chi connectivity index (χ3v) is 10.6. The van der Waals surface area contributed by atoms with Crippen LogP contribution in [0.1, 0.15) is 31.4 Å². The fourth-order valence-electron chi connectivity index (χ4n) is 4.72. The fraction of sp³-hybridized carbons (Fsp3) is 0.545. The Morgan fingerprint density at radius 1 is 1.28 bits per heavy atom. The summed E-state index contributed by atoms with van der Waals surface area (Å²) in [5, 5.41) is 50.0. The quantitative estimate of drug-likeness (QED) is 0.0638. The van der Waals surface area contributed by atoms with Gasteiger partial charge in [0.25, 0.3) is 5.91 Å². The summed E-state index contributed by atoms with van der Waals surface area (Å²) in [5.74, 6) is -3.68. The lowest BCUT2D eigenvalue weighted by Crippen LogP contribution is -2.74. The zero-order valence-electron chi connectivity index (χ0n) is 22.2. The van der Waals surface area contributed by atoms with Crippen molar-refractivity contribution in [2.75, 3.05) is 23.8 Å². The molecular formula is C22H26N10O8S3. The van der Waals surface area contributed by atoms with Gasteiger partial charge in [0, 0.05) is 23.4 Å². The Bertz CT molecular complexity index is 1470. The van der Waals surface area contributed by atoms with Crippen molar-refractivity contribution in [3.8, 4) is 0 Å². The first kappa shape index (κ1) is 30.5. The number of anilines is 1. The number of thioether (sulfide) groups is 2. The number of hydrogen-bond donors (Lipinski definition) is 5. The minimum Gasteiger partial charge on any atom is -0.481 e. The Kier molecular flexibility index (Phi) is 9.01. The number of nitrogens with zero attached hydrogens (tertiary/aromatic N) is 8. The number of fused-ring (bicyclic) bond motifs is 1. The molecule has 0 bridgehead atoms. The van der Waals surface area contributed by atoms with Crippen molar-refractivity contribution in [1.82, 2.24) is 35.4 Å². The van der Waals surface area contributed by atoms with Crippen LogP contribution in [0, 0.1) is 5.41 Å². The molecule has 0 radical (unpaired) electrons. The van der Waals surface area contributed by atoms with Gasteiger partial charge in [-0.3, -0.25) is 14.4 Å². The van der Waals surface area contributed by atoms with Gasteiger partial charge in [-0.2, -0.15) is 0 Å². The first-order chi connectivity index (χ1) is 20.6. The molecule has 0 aromatic carbocycles. The number of rotatable bonds is 12. The second-order valence-electron chi connectivity index (χ2n) is 9.99. The lowest BCUT2D eigenvalue weighted by Gasteiger charge is -2.53. The molecule has 3 aliphatic rings. The molecule has 2 aromatic heterocycles. The maximum absolute atomic E-state index is 13.3. The molecule has 2 aromatic rings. The van der Waals surface area contributed by atoms with Crippen molar-refractivity contribution in [2.45, 2.75) is 54.9 Å². The molecule has 3 atom stereocenters. The molecule has 43 heavy (non-hydrogen) atoms. The van der Waals surface area contributed by atoms with Crippen molar-refractivity contribution >= 4 is 75.2 Å². The number of aliphatic carboxylic acids is 2. The SMILES string of the molecule is Nc1nc(C(=NOC2CCCC2)C(=O)NC2C(=O)N3CC(CSc4nnnn4CC(=NO)C(=O)O)(C(=O)O)CS[C@H]23)cs1. The molecule has 6 N–H and O–H groups in total. The molecule has 0 spiro atoms. The minimum atomic E-state index is -1.47. The number of tetrazole rings is 1. The van der Waals surface area contributed by atoms with E-state index in [1.54, 1.807) is 5.38 Å².